The first-order valence-electron chi connectivity index (χ1n) is 4.59. The average molecular weight is 219 g/mol. The molecule has 0 fully saturated rings. The van der Waals surface area contributed by atoms with Gasteiger partial charge in [-0.2, -0.15) is 0 Å². The van der Waals surface area contributed by atoms with E-state index in [0.717, 1.165) is 0 Å². The lowest BCUT2D eigenvalue weighted by atomic mass is 10.3. The second kappa shape index (κ2) is 4.43. The molecule has 0 saturated heterocycles. The minimum Gasteiger partial charge on any atom is -0.456 e. The summed E-state index contributed by atoms with van der Waals surface area (Å²) in [6, 6.07) is 3.17. The van der Waals surface area contributed by atoms with Gasteiger partial charge in [-0.25, -0.2) is 4.79 Å². The van der Waals surface area contributed by atoms with Crippen molar-refractivity contribution in [3.05, 3.63) is 41.9 Å². The molecule has 6 nitrogen and oxygen atoms in total. The van der Waals surface area contributed by atoms with Gasteiger partial charge in [0.25, 0.3) is 5.91 Å². The van der Waals surface area contributed by atoms with Crippen LogP contribution in [0.25, 0.3) is 0 Å². The van der Waals surface area contributed by atoms with Gasteiger partial charge in [-0.1, -0.05) is 0 Å². The van der Waals surface area contributed by atoms with Gasteiger partial charge in [0, 0.05) is 24.0 Å². The molecule has 1 aliphatic rings. The number of cyclic esters (lactones) is 1. The number of carbonyl (C=O) groups excluding carboxylic acids is 2. The zero-order valence-corrected chi connectivity index (χ0v) is 8.27. The predicted molar refractivity (Wildman–Crippen MR) is 53.9 cm³/mol. The molecule has 1 amide bonds. The fourth-order valence-corrected chi connectivity index (χ4v) is 1.16. The maximum atomic E-state index is 11.5. The van der Waals surface area contributed by atoms with Crippen LogP contribution < -0.4 is 10.9 Å². The summed E-state index contributed by atoms with van der Waals surface area (Å²) in [5.41, 5.74) is 6.05. The number of pyridine rings is 1. The second-order valence-electron chi connectivity index (χ2n) is 3.09. The Morgan fingerprint density at radius 2 is 2.12 bits per heavy atom. The minimum absolute atomic E-state index is 0.148. The van der Waals surface area contributed by atoms with Crippen LogP contribution in [0.5, 0.6) is 0 Å². The van der Waals surface area contributed by atoms with Crippen molar-refractivity contribution in [1.29, 1.82) is 0 Å². The zero-order valence-electron chi connectivity index (χ0n) is 8.27. The lowest BCUT2D eigenvalue weighted by Gasteiger charge is -2.07. The highest BCUT2D eigenvalue weighted by atomic mass is 16.5. The summed E-state index contributed by atoms with van der Waals surface area (Å²) in [5.74, 6) is -0.719. The second-order valence-corrected chi connectivity index (χ2v) is 3.09. The summed E-state index contributed by atoms with van der Waals surface area (Å²) in [5, 5.41) is 0. The average Bonchev–Trinajstić information content (AvgIpc) is 2.73. The fourth-order valence-electron chi connectivity index (χ4n) is 1.16. The van der Waals surface area contributed by atoms with Gasteiger partial charge in [-0.15, -0.1) is 0 Å². The van der Waals surface area contributed by atoms with E-state index in [1.165, 1.54) is 18.5 Å². The number of hydrogen-bond acceptors (Lipinski definition) is 5. The van der Waals surface area contributed by atoms with Crippen molar-refractivity contribution >= 4 is 11.9 Å². The number of hydrogen-bond donors (Lipinski definition) is 2. The van der Waals surface area contributed by atoms with E-state index >= 15 is 0 Å². The van der Waals surface area contributed by atoms with Gasteiger partial charge in [0.2, 0.25) is 0 Å². The number of amides is 1. The lowest BCUT2D eigenvalue weighted by molar-refractivity contribution is -0.134. The monoisotopic (exact) mass is 219 g/mol. The number of nitrogens with one attached hydrogen (secondary N) is 2. The number of hydrazine groups is 1. The quantitative estimate of drug-likeness (QED) is 0.541. The van der Waals surface area contributed by atoms with E-state index in [-0.39, 0.29) is 12.5 Å². The van der Waals surface area contributed by atoms with Gasteiger partial charge in [-0.05, 0) is 12.1 Å². The van der Waals surface area contributed by atoms with E-state index < -0.39 is 5.97 Å². The third kappa shape index (κ3) is 2.35. The van der Waals surface area contributed by atoms with E-state index in [1.807, 2.05) is 0 Å². The molecule has 0 atom stereocenters. The molecule has 6 heteroatoms. The van der Waals surface area contributed by atoms with Crippen molar-refractivity contribution < 1.29 is 14.3 Å². The third-order valence-corrected chi connectivity index (χ3v) is 1.94. The highest BCUT2D eigenvalue weighted by molar-refractivity contribution is 5.93. The Balaban J connectivity index is 1.90. The Morgan fingerprint density at radius 3 is 2.75 bits per heavy atom. The van der Waals surface area contributed by atoms with E-state index in [4.69, 9.17) is 0 Å². The molecule has 2 rings (SSSR count). The number of ether oxygens (including phenoxy) is 1. The summed E-state index contributed by atoms with van der Waals surface area (Å²) in [6.45, 7) is 0.148. The number of esters is 1. The van der Waals surface area contributed by atoms with E-state index in [1.54, 1.807) is 12.1 Å². The third-order valence-electron chi connectivity index (χ3n) is 1.94. The van der Waals surface area contributed by atoms with E-state index in [2.05, 4.69) is 20.6 Å². The highest BCUT2D eigenvalue weighted by Crippen LogP contribution is 2.01. The van der Waals surface area contributed by atoms with Gasteiger partial charge in [-0.3, -0.25) is 20.6 Å². The zero-order chi connectivity index (χ0) is 11.4. The maximum absolute atomic E-state index is 11.5. The number of nitrogens with zero attached hydrogens (tertiary/aromatic N) is 1. The Labute approximate surface area is 91.3 Å². The largest absolute Gasteiger partial charge is 0.456 e. The molecule has 0 radical (unpaired) electrons. The standard InChI is InChI=1S/C10H9N3O3/c14-9-5-8(6-16-9)12-13-10(15)7-1-3-11-4-2-7/h1-5,12H,6H2,(H,13,15). The van der Waals surface area contributed by atoms with Crippen LogP contribution in [0.15, 0.2) is 36.3 Å². The molecule has 82 valence electrons. The molecule has 16 heavy (non-hydrogen) atoms. The predicted octanol–water partition coefficient (Wildman–Crippen LogP) is -0.243. The molecule has 0 spiro atoms. The normalized spacial score (nSPS) is 14.0. The maximum Gasteiger partial charge on any atom is 0.333 e. The molecular weight excluding hydrogens is 210 g/mol. The van der Waals surface area contributed by atoms with Crippen LogP contribution in [-0.4, -0.2) is 23.5 Å². The Hall–Kier alpha value is -2.37. The van der Waals surface area contributed by atoms with Crippen LogP contribution >= 0.6 is 0 Å². The molecule has 2 N–H and O–H groups in total. The van der Waals surface area contributed by atoms with Crippen molar-refractivity contribution in [2.24, 2.45) is 0 Å². The molecule has 1 aliphatic heterocycles. The minimum atomic E-state index is -0.416. The van der Waals surface area contributed by atoms with Gasteiger partial charge in [0.05, 0.1) is 5.70 Å². The SMILES string of the molecule is O=C1C=C(NNC(=O)c2ccncc2)CO1. The molecule has 0 aliphatic carbocycles. The summed E-state index contributed by atoms with van der Waals surface area (Å²) in [7, 11) is 0. The molecule has 0 bridgehead atoms. The molecule has 0 saturated carbocycles. The summed E-state index contributed by atoms with van der Waals surface area (Å²) in [6.07, 6.45) is 4.33. The molecular formula is C10H9N3O3. The lowest BCUT2D eigenvalue weighted by Crippen LogP contribution is -2.37. The number of rotatable bonds is 3. The summed E-state index contributed by atoms with van der Waals surface area (Å²) < 4.78 is 4.65. The summed E-state index contributed by atoms with van der Waals surface area (Å²) in [4.78, 5) is 26.0. The Kier molecular flexibility index (Phi) is 2.81. The van der Waals surface area contributed by atoms with Crippen molar-refractivity contribution in [2.45, 2.75) is 0 Å². The molecule has 0 aromatic carbocycles. The molecule has 1 aromatic rings. The Morgan fingerprint density at radius 1 is 1.38 bits per heavy atom. The topological polar surface area (TPSA) is 80.3 Å². The molecule has 2 heterocycles. The van der Waals surface area contributed by atoms with Crippen LogP contribution in [0.4, 0.5) is 0 Å². The smallest absolute Gasteiger partial charge is 0.333 e. The first-order chi connectivity index (χ1) is 7.75. The fraction of sp³-hybridized carbons (Fsp3) is 0.100. The molecule has 1 aromatic heterocycles. The van der Waals surface area contributed by atoms with Crippen LogP contribution in [-0.2, 0) is 9.53 Å². The first kappa shape index (κ1) is 10.2. The van der Waals surface area contributed by atoms with Crippen molar-refractivity contribution in [3.63, 3.8) is 0 Å². The van der Waals surface area contributed by atoms with E-state index in [0.29, 0.717) is 11.3 Å². The highest BCUT2D eigenvalue weighted by Gasteiger charge is 2.13. The van der Waals surface area contributed by atoms with Crippen molar-refractivity contribution in [3.8, 4) is 0 Å². The summed E-state index contributed by atoms with van der Waals surface area (Å²) >= 11 is 0. The van der Waals surface area contributed by atoms with Crippen LogP contribution in [0, 0.1) is 0 Å². The molecule has 0 unspecified atom stereocenters. The number of aromatic nitrogens is 1. The van der Waals surface area contributed by atoms with Crippen LogP contribution in [0.2, 0.25) is 0 Å². The van der Waals surface area contributed by atoms with Gasteiger partial charge in [0.15, 0.2) is 0 Å². The number of carbonyl (C=O) groups is 2. The van der Waals surface area contributed by atoms with Crippen molar-refractivity contribution in [1.82, 2.24) is 15.8 Å². The van der Waals surface area contributed by atoms with Gasteiger partial charge >= 0.3 is 5.97 Å². The van der Waals surface area contributed by atoms with Gasteiger partial charge < -0.3 is 4.74 Å². The van der Waals surface area contributed by atoms with E-state index in [9.17, 15) is 9.59 Å². The first-order valence-corrected chi connectivity index (χ1v) is 4.59. The van der Waals surface area contributed by atoms with Crippen molar-refractivity contribution in [2.75, 3.05) is 6.61 Å². The Bertz CT molecular complexity index is 442. The van der Waals surface area contributed by atoms with Crippen LogP contribution in [0.1, 0.15) is 10.4 Å². The van der Waals surface area contributed by atoms with Gasteiger partial charge in [0.1, 0.15) is 6.61 Å². The van der Waals surface area contributed by atoms with Crippen LogP contribution in [0.3, 0.4) is 0 Å².